The Hall–Kier alpha value is -2.18. The normalized spacial score (nSPS) is 15.4. The first-order valence-corrected chi connectivity index (χ1v) is 10.8. The van der Waals surface area contributed by atoms with Gasteiger partial charge in [-0.3, -0.25) is 4.79 Å². The van der Waals surface area contributed by atoms with Crippen LogP contribution in [0.4, 0.5) is 0 Å². The minimum Gasteiger partial charge on any atom is -0.352 e. The van der Waals surface area contributed by atoms with Crippen molar-refractivity contribution in [3.8, 4) is 0 Å². The van der Waals surface area contributed by atoms with Crippen LogP contribution >= 0.6 is 0 Å². The van der Waals surface area contributed by atoms with Crippen molar-refractivity contribution in [2.45, 2.75) is 37.5 Å². The molecule has 0 bridgehead atoms. The highest BCUT2D eigenvalue weighted by Crippen LogP contribution is 2.20. The minimum atomic E-state index is -3.39. The van der Waals surface area contributed by atoms with Crippen LogP contribution in [0.5, 0.6) is 0 Å². The first-order chi connectivity index (χ1) is 13.0. The van der Waals surface area contributed by atoms with E-state index in [4.69, 9.17) is 0 Å². The predicted molar refractivity (Wildman–Crippen MR) is 106 cm³/mol. The molecule has 0 saturated carbocycles. The summed E-state index contributed by atoms with van der Waals surface area (Å²) in [5, 5.41) is 2.90. The van der Waals surface area contributed by atoms with Crippen LogP contribution in [0.3, 0.4) is 0 Å². The number of aryl methyl sites for hydroxylation is 1. The average molecular weight is 387 g/mol. The van der Waals surface area contributed by atoms with Gasteiger partial charge in [0.25, 0.3) is 5.91 Å². The highest BCUT2D eigenvalue weighted by molar-refractivity contribution is 7.89. The Bertz CT molecular complexity index is 869. The molecule has 0 spiro atoms. The van der Waals surface area contributed by atoms with Crippen LogP contribution in [0.1, 0.15) is 40.7 Å². The highest BCUT2D eigenvalue weighted by Gasteiger charge is 2.25. The highest BCUT2D eigenvalue weighted by atomic mass is 32.2. The molecule has 0 unspecified atom stereocenters. The molecule has 0 aliphatic carbocycles. The second-order valence-electron chi connectivity index (χ2n) is 6.98. The molecule has 1 saturated heterocycles. The largest absolute Gasteiger partial charge is 0.352 e. The molecule has 0 aromatic heterocycles. The Morgan fingerprint density at radius 3 is 2.22 bits per heavy atom. The number of hydrogen-bond acceptors (Lipinski definition) is 3. The molecule has 1 amide bonds. The first kappa shape index (κ1) is 19.6. The lowest BCUT2D eigenvalue weighted by Crippen LogP contribution is -2.35. The summed E-state index contributed by atoms with van der Waals surface area (Å²) in [6.45, 7) is 3.70. The number of hydrogen-bond donors (Lipinski definition) is 1. The Kier molecular flexibility index (Phi) is 6.29. The molecule has 1 fully saturated rings. The van der Waals surface area contributed by atoms with Crippen LogP contribution < -0.4 is 5.32 Å². The second-order valence-corrected chi connectivity index (χ2v) is 8.92. The van der Waals surface area contributed by atoms with Crippen LogP contribution in [0.15, 0.2) is 53.4 Å². The van der Waals surface area contributed by atoms with Gasteiger partial charge in [0.1, 0.15) is 0 Å². The molecular formula is C21H26N2O3S. The maximum atomic E-state index is 12.7. The molecular weight excluding hydrogens is 360 g/mol. The summed E-state index contributed by atoms with van der Waals surface area (Å²) in [6, 6.07) is 14.4. The van der Waals surface area contributed by atoms with Crippen LogP contribution in [0.2, 0.25) is 0 Å². The van der Waals surface area contributed by atoms with Crippen molar-refractivity contribution in [1.82, 2.24) is 9.62 Å². The number of benzene rings is 2. The Morgan fingerprint density at radius 1 is 0.963 bits per heavy atom. The zero-order chi connectivity index (χ0) is 19.3. The van der Waals surface area contributed by atoms with E-state index < -0.39 is 10.0 Å². The van der Waals surface area contributed by atoms with Crippen molar-refractivity contribution in [1.29, 1.82) is 0 Å². The predicted octanol–water partition coefficient (Wildman–Crippen LogP) is 3.14. The summed E-state index contributed by atoms with van der Waals surface area (Å²) in [4.78, 5) is 12.5. The van der Waals surface area contributed by atoms with Crippen LogP contribution in [0.25, 0.3) is 0 Å². The number of carbonyl (C=O) groups is 1. The summed E-state index contributed by atoms with van der Waals surface area (Å²) in [7, 11) is -3.39. The lowest BCUT2D eigenvalue weighted by molar-refractivity contribution is 0.0954. The molecule has 0 atom stereocenters. The van der Waals surface area contributed by atoms with Gasteiger partial charge in [0.05, 0.1) is 4.90 Å². The van der Waals surface area contributed by atoms with Gasteiger partial charge in [0, 0.05) is 25.2 Å². The van der Waals surface area contributed by atoms with E-state index in [2.05, 4.69) is 5.32 Å². The number of nitrogens with one attached hydrogen (secondary N) is 1. The summed E-state index contributed by atoms with van der Waals surface area (Å²) in [6.07, 6.45) is 3.61. The van der Waals surface area contributed by atoms with E-state index >= 15 is 0 Å². The van der Waals surface area contributed by atoms with Gasteiger partial charge in [0.2, 0.25) is 10.0 Å². The maximum absolute atomic E-state index is 12.7. The minimum absolute atomic E-state index is 0.0979. The first-order valence-electron chi connectivity index (χ1n) is 9.41. The van der Waals surface area contributed by atoms with Crippen LogP contribution in [0, 0.1) is 6.92 Å². The van der Waals surface area contributed by atoms with E-state index in [0.717, 1.165) is 30.4 Å². The molecule has 2 aromatic rings. The fourth-order valence-corrected chi connectivity index (χ4v) is 4.73. The van der Waals surface area contributed by atoms with E-state index in [1.807, 2.05) is 43.3 Å². The molecule has 1 aliphatic rings. The number of rotatable bonds is 6. The van der Waals surface area contributed by atoms with E-state index in [1.165, 1.54) is 0 Å². The molecule has 144 valence electrons. The molecule has 1 heterocycles. The molecule has 1 N–H and O–H groups in total. The summed E-state index contributed by atoms with van der Waals surface area (Å²) >= 11 is 0. The molecule has 5 nitrogen and oxygen atoms in total. The SMILES string of the molecule is Cc1ccc(C(=O)NCCc2ccc(S(=O)(=O)N3CCCCC3)cc2)cc1. The molecule has 6 heteroatoms. The topological polar surface area (TPSA) is 66.5 Å². The van der Waals surface area contributed by atoms with Gasteiger partial charge in [-0.05, 0) is 56.0 Å². The van der Waals surface area contributed by atoms with Gasteiger partial charge < -0.3 is 5.32 Å². The van der Waals surface area contributed by atoms with Crippen LogP contribution in [-0.4, -0.2) is 38.3 Å². The number of amides is 1. The quantitative estimate of drug-likeness (QED) is 0.829. The van der Waals surface area contributed by atoms with Crippen molar-refractivity contribution < 1.29 is 13.2 Å². The lowest BCUT2D eigenvalue weighted by Gasteiger charge is -2.25. The number of carbonyl (C=O) groups excluding carboxylic acids is 1. The molecule has 3 rings (SSSR count). The fraction of sp³-hybridized carbons (Fsp3) is 0.381. The molecule has 1 aliphatic heterocycles. The molecule has 27 heavy (non-hydrogen) atoms. The van der Waals surface area contributed by atoms with Crippen molar-refractivity contribution in [3.63, 3.8) is 0 Å². The van der Waals surface area contributed by atoms with E-state index in [9.17, 15) is 13.2 Å². The van der Waals surface area contributed by atoms with Crippen molar-refractivity contribution in [2.75, 3.05) is 19.6 Å². The van der Waals surface area contributed by atoms with Crippen molar-refractivity contribution in [3.05, 3.63) is 65.2 Å². The summed E-state index contributed by atoms with van der Waals surface area (Å²) < 4.78 is 26.9. The van der Waals surface area contributed by atoms with Gasteiger partial charge in [-0.25, -0.2) is 8.42 Å². The fourth-order valence-electron chi connectivity index (χ4n) is 3.21. The Morgan fingerprint density at radius 2 is 1.59 bits per heavy atom. The van der Waals surface area contributed by atoms with Crippen molar-refractivity contribution >= 4 is 15.9 Å². The van der Waals surface area contributed by atoms with E-state index in [1.54, 1.807) is 16.4 Å². The van der Waals surface area contributed by atoms with E-state index in [0.29, 0.717) is 36.5 Å². The zero-order valence-electron chi connectivity index (χ0n) is 15.6. The Balaban J connectivity index is 1.54. The standard InChI is InChI=1S/C21H26N2O3S/c1-17-5-9-19(10-6-17)21(24)22-14-13-18-7-11-20(12-8-18)27(25,26)23-15-3-2-4-16-23/h5-12H,2-4,13-16H2,1H3,(H,22,24). The smallest absolute Gasteiger partial charge is 0.251 e. The zero-order valence-corrected chi connectivity index (χ0v) is 16.5. The average Bonchev–Trinajstić information content (AvgIpc) is 2.69. The van der Waals surface area contributed by atoms with E-state index in [-0.39, 0.29) is 5.91 Å². The van der Waals surface area contributed by atoms with Crippen molar-refractivity contribution in [2.24, 2.45) is 0 Å². The molecule has 2 aromatic carbocycles. The second kappa shape index (κ2) is 8.67. The van der Waals surface area contributed by atoms with Gasteiger partial charge in [0.15, 0.2) is 0 Å². The van der Waals surface area contributed by atoms with Gasteiger partial charge in [-0.15, -0.1) is 0 Å². The van der Waals surface area contributed by atoms with Crippen LogP contribution in [-0.2, 0) is 16.4 Å². The number of piperidine rings is 1. The van der Waals surface area contributed by atoms with Gasteiger partial charge >= 0.3 is 0 Å². The molecule has 0 radical (unpaired) electrons. The third-order valence-corrected chi connectivity index (χ3v) is 6.80. The Labute approximate surface area is 161 Å². The van der Waals surface area contributed by atoms with Gasteiger partial charge in [-0.2, -0.15) is 4.31 Å². The maximum Gasteiger partial charge on any atom is 0.251 e. The number of nitrogens with zero attached hydrogens (tertiary/aromatic N) is 1. The summed E-state index contributed by atoms with van der Waals surface area (Å²) in [5.74, 6) is -0.0979. The van der Waals surface area contributed by atoms with Gasteiger partial charge in [-0.1, -0.05) is 36.2 Å². The monoisotopic (exact) mass is 386 g/mol. The number of sulfonamides is 1. The lowest BCUT2D eigenvalue weighted by atomic mass is 10.1. The third-order valence-electron chi connectivity index (χ3n) is 4.89. The third kappa shape index (κ3) is 4.96. The summed E-state index contributed by atoms with van der Waals surface area (Å²) in [5.41, 5.74) is 2.76.